The Morgan fingerprint density at radius 3 is 2.18 bits per heavy atom. The van der Waals surface area contributed by atoms with E-state index in [1.165, 1.54) is 23.6 Å². The normalized spacial score (nSPS) is 15.3. The van der Waals surface area contributed by atoms with Gasteiger partial charge < -0.3 is 21.7 Å². The number of nitrogens with zero attached hydrogens (tertiary/aromatic N) is 3. The number of benzene rings is 1. The summed E-state index contributed by atoms with van der Waals surface area (Å²) in [6, 6.07) is 3.40. The molecule has 0 aliphatic heterocycles. The first-order valence-corrected chi connectivity index (χ1v) is 11.4. The predicted octanol–water partition coefficient (Wildman–Crippen LogP) is 3.90. The number of alkyl halides is 6. The number of aromatic nitrogens is 3. The van der Waals surface area contributed by atoms with Crippen LogP contribution in [0.15, 0.2) is 30.6 Å². The lowest BCUT2D eigenvalue weighted by Crippen LogP contribution is -2.52. The van der Waals surface area contributed by atoms with Crippen LogP contribution >= 0.6 is 11.3 Å². The molecule has 1 saturated carbocycles. The average molecular weight is 563 g/mol. The van der Waals surface area contributed by atoms with Crippen LogP contribution in [0.25, 0.3) is 21.8 Å². The molecule has 1 fully saturated rings. The number of amides is 1. The second kappa shape index (κ2) is 10.2. The van der Waals surface area contributed by atoms with Crippen LogP contribution < -0.4 is 11.5 Å². The molecule has 38 heavy (non-hydrogen) atoms. The van der Waals surface area contributed by atoms with Crippen LogP contribution in [0.1, 0.15) is 34.9 Å². The largest absolute Gasteiger partial charge is 0.490 e. The third-order valence-electron chi connectivity index (χ3n) is 5.42. The molecule has 3 aromatic rings. The number of thiazole rings is 1. The Balaban J connectivity index is 0.000000505. The summed E-state index contributed by atoms with van der Waals surface area (Å²) < 4.78 is 72.2. The molecule has 0 radical (unpaired) electrons. The molecule has 1 atom stereocenters. The predicted molar refractivity (Wildman–Crippen MR) is 123 cm³/mol. The van der Waals surface area contributed by atoms with Crippen molar-refractivity contribution in [2.45, 2.75) is 43.6 Å². The summed E-state index contributed by atoms with van der Waals surface area (Å²) in [6.45, 7) is 1.66. The van der Waals surface area contributed by atoms with Crippen LogP contribution in [0.4, 0.5) is 32.2 Å². The van der Waals surface area contributed by atoms with Crippen LogP contribution in [-0.4, -0.2) is 49.4 Å². The molecule has 2 heterocycles. The number of aryl methyl sites for hydroxylation is 1. The number of carboxylic acid groups (broad SMARTS) is 1. The zero-order valence-corrected chi connectivity index (χ0v) is 20.1. The van der Waals surface area contributed by atoms with Gasteiger partial charge >= 0.3 is 18.3 Å². The first kappa shape index (κ1) is 28.8. The van der Waals surface area contributed by atoms with Crippen molar-refractivity contribution in [1.82, 2.24) is 15.0 Å². The van der Waals surface area contributed by atoms with Crippen LogP contribution in [0, 0.1) is 6.92 Å². The second-order valence-electron chi connectivity index (χ2n) is 8.23. The van der Waals surface area contributed by atoms with Gasteiger partial charge in [0.25, 0.3) is 11.5 Å². The summed E-state index contributed by atoms with van der Waals surface area (Å²) in [5.74, 6) is -4.07. The van der Waals surface area contributed by atoms with Gasteiger partial charge in [0.2, 0.25) is 0 Å². The SMILES string of the molecule is Cc1ccc(C(O)(C(N)=O)C(F)(F)F)cc1-c1cnc(N)c(-c2cnc(C3CC3)s2)n1.O=C(O)C(F)(F)F. The lowest BCUT2D eigenvalue weighted by atomic mass is 9.89. The number of hydrogen-bond acceptors (Lipinski definition) is 8. The Morgan fingerprint density at radius 2 is 1.68 bits per heavy atom. The number of hydrogen-bond donors (Lipinski definition) is 4. The van der Waals surface area contributed by atoms with E-state index < -0.39 is 35.4 Å². The van der Waals surface area contributed by atoms with Crippen molar-refractivity contribution < 1.29 is 46.1 Å². The molecule has 1 aliphatic carbocycles. The van der Waals surface area contributed by atoms with Crippen molar-refractivity contribution in [3.63, 3.8) is 0 Å². The Kier molecular flexibility index (Phi) is 7.70. The minimum absolute atomic E-state index is 0.160. The van der Waals surface area contributed by atoms with Crippen LogP contribution in [0.2, 0.25) is 0 Å². The average Bonchev–Trinajstić information content (AvgIpc) is 3.55. The van der Waals surface area contributed by atoms with E-state index in [1.54, 1.807) is 13.1 Å². The molecule has 2 aromatic heterocycles. The lowest BCUT2D eigenvalue weighted by Gasteiger charge is -2.28. The second-order valence-corrected chi connectivity index (χ2v) is 9.29. The Labute approximate surface area is 214 Å². The third kappa shape index (κ3) is 5.85. The van der Waals surface area contributed by atoms with Crippen molar-refractivity contribution in [3.8, 4) is 21.8 Å². The fourth-order valence-electron chi connectivity index (χ4n) is 3.19. The van der Waals surface area contributed by atoms with Gasteiger partial charge in [-0.15, -0.1) is 11.3 Å². The molecule has 1 aromatic carbocycles. The molecule has 1 unspecified atom stereocenters. The third-order valence-corrected chi connectivity index (χ3v) is 6.59. The number of anilines is 1. The quantitative estimate of drug-likeness (QED) is 0.339. The van der Waals surface area contributed by atoms with E-state index >= 15 is 0 Å². The highest BCUT2D eigenvalue weighted by Gasteiger charge is 2.60. The van der Waals surface area contributed by atoms with E-state index in [2.05, 4.69) is 15.0 Å². The number of carbonyl (C=O) groups excluding carboxylic acids is 1. The smallest absolute Gasteiger partial charge is 0.475 e. The molecule has 6 N–H and O–H groups in total. The number of primary amides is 1. The number of rotatable bonds is 5. The molecule has 0 spiro atoms. The number of nitrogens with two attached hydrogens (primary N) is 2. The van der Waals surface area contributed by atoms with Gasteiger partial charge in [-0.25, -0.2) is 19.7 Å². The number of carboxylic acids is 1. The maximum Gasteiger partial charge on any atom is 0.490 e. The van der Waals surface area contributed by atoms with Crippen molar-refractivity contribution in [2.24, 2.45) is 5.73 Å². The molecule has 9 nitrogen and oxygen atoms in total. The van der Waals surface area contributed by atoms with Gasteiger partial charge in [0.05, 0.1) is 21.8 Å². The fourth-order valence-corrected chi connectivity index (χ4v) is 4.28. The summed E-state index contributed by atoms with van der Waals surface area (Å²) in [6.07, 6.45) is -5.23. The number of nitrogen functional groups attached to an aromatic ring is 1. The minimum atomic E-state index is -5.30. The highest BCUT2D eigenvalue weighted by atomic mass is 32.1. The van der Waals surface area contributed by atoms with Crippen molar-refractivity contribution in [1.29, 1.82) is 0 Å². The topological polar surface area (TPSA) is 165 Å². The van der Waals surface area contributed by atoms with Crippen molar-refractivity contribution in [3.05, 3.63) is 46.7 Å². The number of aliphatic hydroxyl groups is 1. The van der Waals surface area contributed by atoms with Crippen LogP contribution in [0.5, 0.6) is 0 Å². The number of aliphatic carboxylic acids is 1. The lowest BCUT2D eigenvalue weighted by molar-refractivity contribution is -0.255. The van der Waals surface area contributed by atoms with Gasteiger partial charge in [0, 0.05) is 23.2 Å². The summed E-state index contributed by atoms with van der Waals surface area (Å²) in [5.41, 5.74) is 7.77. The molecule has 204 valence electrons. The molecule has 1 aliphatic rings. The molecular formula is C22H19F6N5O4S. The van der Waals surface area contributed by atoms with Gasteiger partial charge in [-0.3, -0.25) is 4.79 Å². The van der Waals surface area contributed by atoms with Crippen molar-refractivity contribution >= 4 is 29.0 Å². The zero-order valence-electron chi connectivity index (χ0n) is 19.3. The molecule has 0 saturated heterocycles. The van der Waals surface area contributed by atoms with Crippen LogP contribution in [0.3, 0.4) is 0 Å². The van der Waals surface area contributed by atoms with Gasteiger partial charge in [0.1, 0.15) is 5.69 Å². The maximum atomic E-state index is 13.5. The molecule has 1 amide bonds. The van der Waals surface area contributed by atoms with E-state index in [-0.39, 0.29) is 17.1 Å². The van der Waals surface area contributed by atoms with Gasteiger partial charge in [0.15, 0.2) is 5.82 Å². The molecule has 4 rings (SSSR count). The van der Waals surface area contributed by atoms with Gasteiger partial charge in [-0.2, -0.15) is 26.3 Å². The monoisotopic (exact) mass is 563 g/mol. The zero-order chi connectivity index (χ0) is 28.6. The van der Waals surface area contributed by atoms with E-state index in [0.29, 0.717) is 22.1 Å². The highest BCUT2D eigenvalue weighted by molar-refractivity contribution is 7.15. The standard InChI is InChI=1S/C20H18F3N5O2S.C2HF3O2/c1-9-2-5-11(19(30,18(25)29)20(21,22)23)6-12(9)13-7-26-16(24)15(28-13)14-8-27-17(31-14)10-3-4-10;3-2(4,5)1(6)7/h2,5-8,10,30H,3-4H2,1H3,(H2,24,26)(H2,25,29);(H,6,7). The number of carbonyl (C=O) groups is 2. The maximum absolute atomic E-state index is 13.5. The van der Waals surface area contributed by atoms with Crippen LogP contribution in [-0.2, 0) is 15.2 Å². The molecular weight excluding hydrogens is 544 g/mol. The first-order chi connectivity index (χ1) is 17.5. The summed E-state index contributed by atoms with van der Waals surface area (Å²) in [5, 5.41) is 18.2. The Morgan fingerprint density at radius 1 is 1.08 bits per heavy atom. The Hall–Kier alpha value is -3.79. The Bertz CT molecular complexity index is 1370. The summed E-state index contributed by atoms with van der Waals surface area (Å²) in [7, 11) is 0. The first-order valence-electron chi connectivity index (χ1n) is 10.6. The van der Waals surface area contributed by atoms with E-state index in [9.17, 15) is 36.2 Å². The van der Waals surface area contributed by atoms with Crippen molar-refractivity contribution in [2.75, 3.05) is 5.73 Å². The molecule has 16 heteroatoms. The fraction of sp³-hybridized carbons (Fsp3) is 0.318. The van der Waals surface area contributed by atoms with Gasteiger partial charge in [-0.1, -0.05) is 12.1 Å². The van der Waals surface area contributed by atoms with E-state index in [4.69, 9.17) is 21.4 Å². The number of halogens is 6. The molecule has 0 bridgehead atoms. The van der Waals surface area contributed by atoms with E-state index in [0.717, 1.165) is 30.0 Å². The summed E-state index contributed by atoms with van der Waals surface area (Å²) >= 11 is 1.45. The minimum Gasteiger partial charge on any atom is -0.475 e. The van der Waals surface area contributed by atoms with Gasteiger partial charge in [-0.05, 0) is 31.4 Å². The summed E-state index contributed by atoms with van der Waals surface area (Å²) in [4.78, 5) is 34.2. The van der Waals surface area contributed by atoms with E-state index in [1.807, 2.05) is 0 Å². The highest BCUT2D eigenvalue weighted by Crippen LogP contribution is 2.44.